The number of carbonyl (C=O) groups excluding carboxylic acids is 1. The molecule has 1 saturated carbocycles. The summed E-state index contributed by atoms with van der Waals surface area (Å²) in [6.45, 7) is 0. The third kappa shape index (κ3) is 2.70. The molecule has 1 aromatic carbocycles. The summed E-state index contributed by atoms with van der Waals surface area (Å²) in [5.74, 6) is 0.442. The molecular weight excluding hydrogens is 316 g/mol. The first-order valence-corrected chi connectivity index (χ1v) is 7.88. The van der Waals surface area contributed by atoms with E-state index in [1.165, 1.54) is 19.3 Å². The zero-order valence-electron chi connectivity index (χ0n) is 11.3. The zero-order chi connectivity index (χ0) is 13.9. The van der Waals surface area contributed by atoms with Crippen LogP contribution in [0.2, 0.25) is 0 Å². The van der Waals surface area contributed by atoms with Crippen molar-refractivity contribution in [2.45, 2.75) is 38.0 Å². The molecular formula is C16H17BrN2O. The first-order chi connectivity index (χ1) is 9.78. The number of aromatic nitrogens is 2. The van der Waals surface area contributed by atoms with Gasteiger partial charge in [-0.25, -0.2) is 4.68 Å². The second kappa shape index (κ2) is 5.92. The molecule has 104 valence electrons. The Bertz CT molecular complexity index is 615. The van der Waals surface area contributed by atoms with Gasteiger partial charge in [-0.3, -0.25) is 4.79 Å². The van der Waals surface area contributed by atoms with Gasteiger partial charge in [0.15, 0.2) is 6.29 Å². The van der Waals surface area contributed by atoms with Crippen LogP contribution in [-0.2, 0) is 0 Å². The van der Waals surface area contributed by atoms with E-state index in [1.807, 2.05) is 35.1 Å². The molecule has 3 nitrogen and oxygen atoms in total. The van der Waals surface area contributed by atoms with E-state index in [2.05, 4.69) is 21.0 Å². The van der Waals surface area contributed by atoms with Crippen molar-refractivity contribution < 1.29 is 4.79 Å². The molecule has 1 fully saturated rings. The normalized spacial score (nSPS) is 16.2. The SMILES string of the molecule is O=Cc1cn(-c2cccc(Br)c2)nc1C1CCCCC1. The summed E-state index contributed by atoms with van der Waals surface area (Å²) in [5, 5.41) is 4.68. The molecule has 0 radical (unpaired) electrons. The van der Waals surface area contributed by atoms with Crippen molar-refractivity contribution in [1.82, 2.24) is 9.78 Å². The van der Waals surface area contributed by atoms with Crippen LogP contribution >= 0.6 is 15.9 Å². The molecule has 0 saturated heterocycles. The van der Waals surface area contributed by atoms with E-state index in [-0.39, 0.29) is 0 Å². The lowest BCUT2D eigenvalue weighted by atomic mass is 9.86. The minimum Gasteiger partial charge on any atom is -0.298 e. The number of benzene rings is 1. The number of halogens is 1. The maximum atomic E-state index is 11.3. The Morgan fingerprint density at radius 1 is 1.25 bits per heavy atom. The fourth-order valence-electron chi connectivity index (χ4n) is 2.94. The van der Waals surface area contributed by atoms with Crippen LogP contribution in [0.3, 0.4) is 0 Å². The van der Waals surface area contributed by atoms with E-state index in [9.17, 15) is 4.79 Å². The Balaban J connectivity index is 1.97. The molecule has 4 heteroatoms. The van der Waals surface area contributed by atoms with Crippen molar-refractivity contribution in [1.29, 1.82) is 0 Å². The monoisotopic (exact) mass is 332 g/mol. The summed E-state index contributed by atoms with van der Waals surface area (Å²) in [5.41, 5.74) is 2.68. The topological polar surface area (TPSA) is 34.9 Å². The van der Waals surface area contributed by atoms with Gasteiger partial charge in [-0.1, -0.05) is 41.3 Å². The minimum atomic E-state index is 0.442. The molecule has 3 rings (SSSR count). The maximum absolute atomic E-state index is 11.3. The molecule has 0 spiro atoms. The highest BCUT2D eigenvalue weighted by Gasteiger charge is 2.22. The van der Waals surface area contributed by atoms with Crippen LogP contribution in [0.15, 0.2) is 34.9 Å². The summed E-state index contributed by atoms with van der Waals surface area (Å²) >= 11 is 3.47. The molecule has 2 aromatic rings. The average Bonchev–Trinajstić information content (AvgIpc) is 2.92. The van der Waals surface area contributed by atoms with Gasteiger partial charge in [0.2, 0.25) is 0 Å². The molecule has 20 heavy (non-hydrogen) atoms. The fraction of sp³-hybridized carbons (Fsp3) is 0.375. The molecule has 1 aliphatic carbocycles. The summed E-state index contributed by atoms with van der Waals surface area (Å²) < 4.78 is 2.83. The Labute approximate surface area is 127 Å². The molecule has 0 atom stereocenters. The van der Waals surface area contributed by atoms with Crippen LogP contribution in [0.5, 0.6) is 0 Å². The summed E-state index contributed by atoms with van der Waals surface area (Å²) in [7, 11) is 0. The molecule has 1 aromatic heterocycles. The standard InChI is InChI=1S/C16H17BrN2O/c17-14-7-4-8-15(9-14)19-10-13(11-20)16(18-19)12-5-2-1-3-6-12/h4,7-12H,1-3,5-6H2. The van der Waals surface area contributed by atoms with Crippen molar-refractivity contribution >= 4 is 22.2 Å². The maximum Gasteiger partial charge on any atom is 0.153 e. The number of aldehydes is 1. The Kier molecular flexibility index (Phi) is 4.01. The van der Waals surface area contributed by atoms with Crippen LogP contribution in [0, 0.1) is 0 Å². The second-order valence-corrected chi connectivity index (χ2v) is 6.26. The van der Waals surface area contributed by atoms with E-state index >= 15 is 0 Å². The Morgan fingerprint density at radius 3 is 2.75 bits per heavy atom. The van der Waals surface area contributed by atoms with Crippen molar-refractivity contribution in [2.24, 2.45) is 0 Å². The summed E-state index contributed by atoms with van der Waals surface area (Å²) in [6.07, 6.45) is 8.87. The molecule has 0 bridgehead atoms. The van der Waals surface area contributed by atoms with Crippen LogP contribution in [0.25, 0.3) is 5.69 Å². The fourth-order valence-corrected chi connectivity index (χ4v) is 3.32. The first-order valence-electron chi connectivity index (χ1n) is 7.08. The Morgan fingerprint density at radius 2 is 2.05 bits per heavy atom. The number of carbonyl (C=O) groups is 1. The van der Waals surface area contributed by atoms with Gasteiger partial charge in [0, 0.05) is 16.6 Å². The lowest BCUT2D eigenvalue weighted by Gasteiger charge is -2.20. The highest BCUT2D eigenvalue weighted by atomic mass is 79.9. The molecule has 0 amide bonds. The lowest BCUT2D eigenvalue weighted by Crippen LogP contribution is -2.07. The van der Waals surface area contributed by atoms with Crippen LogP contribution in [0.1, 0.15) is 54.1 Å². The van der Waals surface area contributed by atoms with Crippen molar-refractivity contribution in [3.63, 3.8) is 0 Å². The third-order valence-corrected chi connectivity index (χ3v) is 4.46. The van der Waals surface area contributed by atoms with E-state index in [0.717, 1.165) is 40.5 Å². The average molecular weight is 333 g/mol. The van der Waals surface area contributed by atoms with Crippen molar-refractivity contribution in [3.05, 3.63) is 46.2 Å². The third-order valence-electron chi connectivity index (χ3n) is 3.96. The van der Waals surface area contributed by atoms with Gasteiger partial charge >= 0.3 is 0 Å². The van der Waals surface area contributed by atoms with Gasteiger partial charge < -0.3 is 0 Å². The van der Waals surface area contributed by atoms with Crippen LogP contribution < -0.4 is 0 Å². The van der Waals surface area contributed by atoms with Crippen LogP contribution in [-0.4, -0.2) is 16.1 Å². The highest BCUT2D eigenvalue weighted by Crippen LogP contribution is 2.33. The van der Waals surface area contributed by atoms with Gasteiger partial charge in [0.25, 0.3) is 0 Å². The summed E-state index contributed by atoms with van der Waals surface area (Å²) in [6, 6.07) is 7.96. The highest BCUT2D eigenvalue weighted by molar-refractivity contribution is 9.10. The quantitative estimate of drug-likeness (QED) is 0.776. The largest absolute Gasteiger partial charge is 0.298 e. The minimum absolute atomic E-state index is 0.442. The van der Waals surface area contributed by atoms with E-state index in [0.29, 0.717) is 5.92 Å². The van der Waals surface area contributed by atoms with Crippen molar-refractivity contribution in [3.8, 4) is 5.69 Å². The van der Waals surface area contributed by atoms with Crippen LogP contribution in [0.4, 0.5) is 0 Å². The lowest BCUT2D eigenvalue weighted by molar-refractivity contribution is 0.112. The molecule has 1 heterocycles. The van der Waals surface area contributed by atoms with Gasteiger partial charge in [-0.2, -0.15) is 5.10 Å². The number of nitrogens with zero attached hydrogens (tertiary/aromatic N) is 2. The van der Waals surface area contributed by atoms with Gasteiger partial charge in [-0.05, 0) is 31.0 Å². The van der Waals surface area contributed by atoms with E-state index < -0.39 is 0 Å². The Hall–Kier alpha value is -1.42. The molecule has 0 unspecified atom stereocenters. The number of hydrogen-bond donors (Lipinski definition) is 0. The first kappa shape index (κ1) is 13.6. The van der Waals surface area contributed by atoms with E-state index in [1.54, 1.807) is 0 Å². The summed E-state index contributed by atoms with van der Waals surface area (Å²) in [4.78, 5) is 11.3. The molecule has 1 aliphatic rings. The number of rotatable bonds is 3. The molecule has 0 aliphatic heterocycles. The van der Waals surface area contributed by atoms with E-state index in [4.69, 9.17) is 0 Å². The zero-order valence-corrected chi connectivity index (χ0v) is 12.8. The predicted molar refractivity (Wildman–Crippen MR) is 82.5 cm³/mol. The second-order valence-electron chi connectivity index (χ2n) is 5.35. The smallest absolute Gasteiger partial charge is 0.153 e. The van der Waals surface area contributed by atoms with Crippen molar-refractivity contribution in [2.75, 3.05) is 0 Å². The number of hydrogen-bond acceptors (Lipinski definition) is 2. The predicted octanol–water partition coefficient (Wildman–Crippen LogP) is 4.50. The molecule has 0 N–H and O–H groups in total. The van der Waals surface area contributed by atoms with Gasteiger partial charge in [-0.15, -0.1) is 0 Å². The van der Waals surface area contributed by atoms with Gasteiger partial charge in [0.1, 0.15) is 0 Å². The van der Waals surface area contributed by atoms with Gasteiger partial charge in [0.05, 0.1) is 16.9 Å².